The first-order valence-electron chi connectivity index (χ1n) is 12.1. The second kappa shape index (κ2) is 9.67. The number of carbonyl (C=O) groups is 1. The Kier molecular flexibility index (Phi) is 6.99. The van der Waals surface area contributed by atoms with Gasteiger partial charge in [0.1, 0.15) is 6.54 Å². The fourth-order valence-electron chi connectivity index (χ4n) is 6.07. The number of nitrogens with zero attached hydrogens (tertiary/aromatic N) is 3. The standard InChI is InChI=1S/C23H41N5O/c1-27(2)22(29)16-24-23(26-21-15-17-8-9-18(21)14-17)25-19-10-12-28(13-11-19)20-6-4-3-5-7-20/h17-21H,3-16H2,1-2H3,(H2,24,25,26). The molecule has 3 unspecified atom stereocenters. The summed E-state index contributed by atoms with van der Waals surface area (Å²) in [6.07, 6.45) is 14.8. The summed E-state index contributed by atoms with van der Waals surface area (Å²) in [4.78, 5) is 21.1. The summed E-state index contributed by atoms with van der Waals surface area (Å²) in [5.74, 6) is 2.63. The number of likely N-dealkylation sites (N-methyl/N-ethyl adjacent to an activating group) is 1. The zero-order chi connectivity index (χ0) is 20.2. The second-order valence-corrected chi connectivity index (χ2v) is 10.1. The van der Waals surface area contributed by atoms with Crippen molar-refractivity contribution in [3.8, 4) is 0 Å². The highest BCUT2D eigenvalue weighted by molar-refractivity contribution is 5.85. The molecule has 3 saturated carbocycles. The van der Waals surface area contributed by atoms with Crippen LogP contribution in [-0.4, -0.2) is 73.5 Å². The Morgan fingerprint density at radius 3 is 2.34 bits per heavy atom. The smallest absolute Gasteiger partial charge is 0.243 e. The number of carbonyl (C=O) groups excluding carboxylic acids is 1. The molecule has 164 valence electrons. The minimum absolute atomic E-state index is 0.0613. The molecule has 4 aliphatic rings. The van der Waals surface area contributed by atoms with Crippen LogP contribution in [0, 0.1) is 11.8 Å². The zero-order valence-electron chi connectivity index (χ0n) is 18.5. The van der Waals surface area contributed by atoms with Crippen molar-refractivity contribution < 1.29 is 4.79 Å². The molecule has 2 N–H and O–H groups in total. The van der Waals surface area contributed by atoms with Gasteiger partial charge in [0, 0.05) is 45.3 Å². The van der Waals surface area contributed by atoms with Gasteiger partial charge in [0.15, 0.2) is 5.96 Å². The third kappa shape index (κ3) is 5.44. The van der Waals surface area contributed by atoms with Crippen molar-refractivity contribution in [2.45, 2.75) is 88.8 Å². The molecule has 6 heteroatoms. The summed E-state index contributed by atoms with van der Waals surface area (Å²) in [7, 11) is 3.60. The maximum atomic E-state index is 12.1. The van der Waals surface area contributed by atoms with Gasteiger partial charge in [-0.1, -0.05) is 25.7 Å². The van der Waals surface area contributed by atoms with Gasteiger partial charge >= 0.3 is 0 Å². The normalized spacial score (nSPS) is 31.8. The van der Waals surface area contributed by atoms with Crippen molar-refractivity contribution in [1.82, 2.24) is 20.4 Å². The molecular formula is C23H41N5O. The Labute approximate surface area is 176 Å². The molecular weight excluding hydrogens is 362 g/mol. The lowest BCUT2D eigenvalue weighted by atomic mass is 9.92. The highest BCUT2D eigenvalue weighted by Crippen LogP contribution is 2.44. The van der Waals surface area contributed by atoms with Crippen molar-refractivity contribution >= 4 is 11.9 Å². The van der Waals surface area contributed by atoms with Gasteiger partial charge in [-0.3, -0.25) is 4.79 Å². The van der Waals surface area contributed by atoms with E-state index in [1.807, 2.05) is 0 Å². The van der Waals surface area contributed by atoms with Gasteiger partial charge in [-0.25, -0.2) is 4.99 Å². The van der Waals surface area contributed by atoms with Crippen LogP contribution in [0.5, 0.6) is 0 Å². The molecule has 1 aliphatic heterocycles. The minimum atomic E-state index is 0.0613. The molecule has 6 nitrogen and oxygen atoms in total. The largest absolute Gasteiger partial charge is 0.354 e. The van der Waals surface area contributed by atoms with E-state index in [0.29, 0.717) is 12.1 Å². The first-order valence-corrected chi connectivity index (χ1v) is 12.1. The van der Waals surface area contributed by atoms with E-state index < -0.39 is 0 Å². The number of likely N-dealkylation sites (tertiary alicyclic amines) is 1. The van der Waals surface area contributed by atoms with Gasteiger partial charge < -0.3 is 20.4 Å². The molecule has 3 atom stereocenters. The molecule has 4 rings (SSSR count). The van der Waals surface area contributed by atoms with E-state index in [9.17, 15) is 4.79 Å². The van der Waals surface area contributed by atoms with Crippen LogP contribution in [0.25, 0.3) is 0 Å². The van der Waals surface area contributed by atoms with E-state index in [1.54, 1.807) is 19.0 Å². The summed E-state index contributed by atoms with van der Waals surface area (Å²) in [6.45, 7) is 2.62. The van der Waals surface area contributed by atoms with Gasteiger partial charge in [-0.2, -0.15) is 0 Å². The lowest BCUT2D eigenvalue weighted by Gasteiger charge is -2.40. The van der Waals surface area contributed by atoms with E-state index in [1.165, 1.54) is 83.7 Å². The molecule has 0 spiro atoms. The number of hydrogen-bond donors (Lipinski definition) is 2. The molecule has 0 radical (unpaired) electrons. The molecule has 0 aromatic carbocycles. The Hall–Kier alpha value is -1.30. The first-order chi connectivity index (χ1) is 14.1. The molecule has 0 aromatic heterocycles. The molecule has 1 heterocycles. The van der Waals surface area contributed by atoms with Crippen molar-refractivity contribution in [1.29, 1.82) is 0 Å². The van der Waals surface area contributed by atoms with Crippen molar-refractivity contribution in [3.63, 3.8) is 0 Å². The summed E-state index contributed by atoms with van der Waals surface area (Å²) >= 11 is 0. The van der Waals surface area contributed by atoms with Crippen LogP contribution in [0.15, 0.2) is 4.99 Å². The second-order valence-electron chi connectivity index (χ2n) is 10.1. The lowest BCUT2D eigenvalue weighted by Crippen LogP contribution is -2.53. The Morgan fingerprint density at radius 2 is 1.72 bits per heavy atom. The fraction of sp³-hybridized carbons (Fsp3) is 0.913. The summed E-state index contributed by atoms with van der Waals surface area (Å²) < 4.78 is 0. The average Bonchev–Trinajstić information content (AvgIpc) is 3.36. The monoisotopic (exact) mass is 403 g/mol. The van der Waals surface area contributed by atoms with E-state index >= 15 is 0 Å². The number of nitrogens with one attached hydrogen (secondary N) is 2. The van der Waals surface area contributed by atoms with E-state index in [0.717, 1.165) is 23.8 Å². The molecule has 29 heavy (non-hydrogen) atoms. The van der Waals surface area contributed by atoms with Crippen LogP contribution in [0.4, 0.5) is 0 Å². The van der Waals surface area contributed by atoms with Crippen LogP contribution in [0.2, 0.25) is 0 Å². The molecule has 4 fully saturated rings. The van der Waals surface area contributed by atoms with Gasteiger partial charge in [0.05, 0.1) is 0 Å². The van der Waals surface area contributed by atoms with Gasteiger partial charge in [-0.15, -0.1) is 0 Å². The minimum Gasteiger partial charge on any atom is -0.354 e. The zero-order valence-corrected chi connectivity index (χ0v) is 18.5. The van der Waals surface area contributed by atoms with Gasteiger partial charge in [0.2, 0.25) is 5.91 Å². The summed E-state index contributed by atoms with van der Waals surface area (Å²) in [5, 5.41) is 7.42. The molecule has 3 aliphatic carbocycles. The average molecular weight is 404 g/mol. The Morgan fingerprint density at radius 1 is 0.966 bits per heavy atom. The first kappa shape index (κ1) is 21.0. The number of aliphatic imine (C=N–C) groups is 1. The van der Waals surface area contributed by atoms with E-state index in [-0.39, 0.29) is 12.5 Å². The SMILES string of the molecule is CN(C)C(=O)CN=C(NC1CCN(C2CCCCC2)CC1)NC1CC2CCC1C2. The van der Waals surface area contributed by atoms with Gasteiger partial charge in [-0.05, 0) is 56.8 Å². The van der Waals surface area contributed by atoms with Crippen LogP contribution in [-0.2, 0) is 4.79 Å². The number of fused-ring (bicyclic) bond motifs is 2. The van der Waals surface area contributed by atoms with Crippen molar-refractivity contribution in [2.24, 2.45) is 16.8 Å². The third-order valence-electron chi connectivity index (χ3n) is 7.89. The predicted octanol–water partition coefficient (Wildman–Crippen LogP) is 2.60. The number of hydrogen-bond acceptors (Lipinski definition) is 3. The summed E-state index contributed by atoms with van der Waals surface area (Å²) in [5.41, 5.74) is 0. The van der Waals surface area contributed by atoms with Crippen LogP contribution >= 0.6 is 0 Å². The van der Waals surface area contributed by atoms with Gasteiger partial charge in [0.25, 0.3) is 0 Å². The number of guanidine groups is 1. The lowest BCUT2D eigenvalue weighted by molar-refractivity contribution is -0.127. The highest BCUT2D eigenvalue weighted by atomic mass is 16.2. The molecule has 2 bridgehead atoms. The molecule has 1 amide bonds. The van der Waals surface area contributed by atoms with Crippen molar-refractivity contribution in [2.75, 3.05) is 33.7 Å². The van der Waals surface area contributed by atoms with Crippen molar-refractivity contribution in [3.05, 3.63) is 0 Å². The van der Waals surface area contributed by atoms with E-state index in [4.69, 9.17) is 0 Å². The number of piperidine rings is 1. The van der Waals surface area contributed by atoms with Crippen LogP contribution < -0.4 is 10.6 Å². The predicted molar refractivity (Wildman–Crippen MR) is 118 cm³/mol. The number of amides is 1. The van der Waals surface area contributed by atoms with Crippen LogP contribution in [0.3, 0.4) is 0 Å². The quantitative estimate of drug-likeness (QED) is 0.547. The molecule has 0 aromatic rings. The van der Waals surface area contributed by atoms with E-state index in [2.05, 4.69) is 20.5 Å². The molecule has 1 saturated heterocycles. The Balaban J connectivity index is 1.31. The third-order valence-corrected chi connectivity index (χ3v) is 7.89. The summed E-state index contributed by atoms with van der Waals surface area (Å²) in [6, 6.07) is 1.83. The number of rotatable bonds is 5. The maximum absolute atomic E-state index is 12.1. The highest BCUT2D eigenvalue weighted by Gasteiger charge is 2.40. The van der Waals surface area contributed by atoms with Crippen LogP contribution in [0.1, 0.15) is 70.6 Å². The fourth-order valence-corrected chi connectivity index (χ4v) is 6.07. The maximum Gasteiger partial charge on any atom is 0.243 e. The topological polar surface area (TPSA) is 60.0 Å². The Bertz CT molecular complexity index is 578.